The zero-order chi connectivity index (χ0) is 12.2. The van der Waals surface area contributed by atoms with Gasteiger partial charge >= 0.3 is 11.8 Å². The summed E-state index contributed by atoms with van der Waals surface area (Å²) >= 11 is 0. The van der Waals surface area contributed by atoms with Crippen molar-refractivity contribution in [1.29, 1.82) is 0 Å². The largest absolute Gasteiger partial charge is 0.348 e. The first-order valence-electron chi connectivity index (χ1n) is 5.23. The Morgan fingerprint density at radius 2 is 2.00 bits per heavy atom. The summed E-state index contributed by atoms with van der Waals surface area (Å²) in [7, 11) is -3.03. The molecule has 7 heteroatoms. The first-order valence-corrected chi connectivity index (χ1v) is 7.06. The van der Waals surface area contributed by atoms with E-state index in [1.165, 1.54) is 0 Å². The fourth-order valence-electron chi connectivity index (χ4n) is 1.48. The first kappa shape index (κ1) is 13.0. The Balaban J connectivity index is 2.38. The molecule has 2 N–H and O–H groups in total. The van der Waals surface area contributed by atoms with E-state index < -0.39 is 27.7 Å². The minimum Gasteiger partial charge on any atom is -0.348 e. The van der Waals surface area contributed by atoms with Gasteiger partial charge in [0.05, 0.1) is 11.5 Å². The average molecular weight is 248 g/mol. The van der Waals surface area contributed by atoms with Crippen molar-refractivity contribution in [1.82, 2.24) is 10.6 Å². The van der Waals surface area contributed by atoms with Crippen LogP contribution in [0.3, 0.4) is 0 Å². The van der Waals surface area contributed by atoms with Crippen molar-refractivity contribution in [3.8, 4) is 0 Å². The molecular formula is C9H16N2O4S. The van der Waals surface area contributed by atoms with E-state index in [0.717, 1.165) is 6.42 Å². The number of carbonyl (C=O) groups excluding carboxylic acids is 2. The van der Waals surface area contributed by atoms with Gasteiger partial charge in [0.2, 0.25) is 0 Å². The summed E-state index contributed by atoms with van der Waals surface area (Å²) in [6.45, 7) is 2.32. The molecule has 0 bridgehead atoms. The summed E-state index contributed by atoms with van der Waals surface area (Å²) in [5.74, 6) is -1.45. The molecule has 0 aromatic heterocycles. The minimum absolute atomic E-state index is 0.0696. The second-order valence-corrected chi connectivity index (χ2v) is 6.06. The van der Waals surface area contributed by atoms with E-state index in [-0.39, 0.29) is 11.5 Å². The van der Waals surface area contributed by atoms with Crippen molar-refractivity contribution in [2.45, 2.75) is 25.8 Å². The smallest absolute Gasteiger partial charge is 0.309 e. The van der Waals surface area contributed by atoms with Gasteiger partial charge in [-0.05, 0) is 12.8 Å². The molecule has 0 spiro atoms. The van der Waals surface area contributed by atoms with E-state index in [0.29, 0.717) is 13.0 Å². The molecule has 1 aliphatic heterocycles. The SMILES string of the molecule is CCCNC(=O)C(=O)NC1CCS(=O)(=O)C1. The second kappa shape index (κ2) is 5.29. The van der Waals surface area contributed by atoms with Crippen LogP contribution in [0.5, 0.6) is 0 Å². The highest BCUT2D eigenvalue weighted by Gasteiger charge is 2.30. The lowest BCUT2D eigenvalue weighted by Crippen LogP contribution is -2.45. The molecule has 0 saturated carbocycles. The van der Waals surface area contributed by atoms with Crippen molar-refractivity contribution in [2.24, 2.45) is 0 Å². The predicted octanol–water partition coefficient (Wildman–Crippen LogP) is -1.18. The van der Waals surface area contributed by atoms with Gasteiger partial charge in [-0.15, -0.1) is 0 Å². The Morgan fingerprint density at radius 1 is 1.31 bits per heavy atom. The van der Waals surface area contributed by atoms with Crippen molar-refractivity contribution >= 4 is 21.7 Å². The molecule has 16 heavy (non-hydrogen) atoms. The Morgan fingerprint density at radius 3 is 2.50 bits per heavy atom. The average Bonchev–Trinajstić information content (AvgIpc) is 2.54. The number of hydrogen-bond acceptors (Lipinski definition) is 4. The van der Waals surface area contributed by atoms with Crippen molar-refractivity contribution in [2.75, 3.05) is 18.1 Å². The number of hydrogen-bond donors (Lipinski definition) is 2. The number of nitrogens with one attached hydrogen (secondary N) is 2. The molecule has 92 valence electrons. The molecule has 6 nitrogen and oxygen atoms in total. The van der Waals surface area contributed by atoms with Gasteiger partial charge < -0.3 is 10.6 Å². The highest BCUT2D eigenvalue weighted by molar-refractivity contribution is 7.91. The quantitative estimate of drug-likeness (QED) is 0.615. The second-order valence-electron chi connectivity index (χ2n) is 3.83. The zero-order valence-electron chi connectivity index (χ0n) is 9.15. The highest BCUT2D eigenvalue weighted by atomic mass is 32.2. The fraction of sp³-hybridized carbons (Fsp3) is 0.778. The van der Waals surface area contributed by atoms with Gasteiger partial charge in [-0.3, -0.25) is 9.59 Å². The van der Waals surface area contributed by atoms with Crippen molar-refractivity contribution < 1.29 is 18.0 Å². The van der Waals surface area contributed by atoms with E-state index in [2.05, 4.69) is 10.6 Å². The minimum atomic E-state index is -3.03. The van der Waals surface area contributed by atoms with Crippen LogP contribution in [0.4, 0.5) is 0 Å². The Kier molecular flexibility index (Phi) is 4.28. The third kappa shape index (κ3) is 3.80. The van der Waals surface area contributed by atoms with Crippen LogP contribution in [0.2, 0.25) is 0 Å². The van der Waals surface area contributed by atoms with Gasteiger partial charge in [0, 0.05) is 12.6 Å². The van der Waals surface area contributed by atoms with Gasteiger partial charge in [0.1, 0.15) is 0 Å². The van der Waals surface area contributed by atoms with Crippen LogP contribution in [0, 0.1) is 0 Å². The maximum Gasteiger partial charge on any atom is 0.309 e. The Bertz CT molecular complexity index is 377. The fourth-order valence-corrected chi connectivity index (χ4v) is 3.15. The van der Waals surface area contributed by atoms with Crippen LogP contribution in [0.1, 0.15) is 19.8 Å². The summed E-state index contributed by atoms with van der Waals surface area (Å²) in [6, 6.07) is -0.426. The maximum absolute atomic E-state index is 11.3. The number of rotatable bonds is 3. The monoisotopic (exact) mass is 248 g/mol. The molecule has 1 fully saturated rings. The van der Waals surface area contributed by atoms with E-state index in [1.807, 2.05) is 6.92 Å². The lowest BCUT2D eigenvalue weighted by atomic mass is 10.2. The van der Waals surface area contributed by atoms with Gasteiger partial charge in [-0.2, -0.15) is 0 Å². The third-order valence-corrected chi connectivity index (χ3v) is 4.08. The molecular weight excluding hydrogens is 232 g/mol. The lowest BCUT2D eigenvalue weighted by Gasteiger charge is -2.10. The molecule has 1 aliphatic rings. The van der Waals surface area contributed by atoms with Gasteiger partial charge in [-0.25, -0.2) is 8.42 Å². The van der Waals surface area contributed by atoms with Crippen LogP contribution < -0.4 is 10.6 Å². The normalized spacial score (nSPS) is 22.7. The highest BCUT2D eigenvalue weighted by Crippen LogP contribution is 2.10. The maximum atomic E-state index is 11.3. The third-order valence-electron chi connectivity index (χ3n) is 2.31. The standard InChI is InChI=1S/C9H16N2O4S/c1-2-4-10-8(12)9(13)11-7-3-5-16(14,15)6-7/h7H,2-6H2,1H3,(H,10,12)(H,11,13). The summed E-state index contributed by atoms with van der Waals surface area (Å²) in [5, 5.41) is 4.84. The zero-order valence-corrected chi connectivity index (χ0v) is 9.97. The Hall–Kier alpha value is -1.11. The van der Waals surface area contributed by atoms with Crippen LogP contribution in [-0.4, -0.2) is 44.3 Å². The van der Waals surface area contributed by atoms with E-state index in [1.54, 1.807) is 0 Å². The molecule has 0 radical (unpaired) electrons. The predicted molar refractivity (Wildman–Crippen MR) is 58.5 cm³/mol. The van der Waals surface area contributed by atoms with Crippen LogP contribution in [-0.2, 0) is 19.4 Å². The molecule has 0 aliphatic carbocycles. The first-order chi connectivity index (χ1) is 7.44. The molecule has 1 rings (SSSR count). The number of carbonyl (C=O) groups is 2. The van der Waals surface area contributed by atoms with Gasteiger partial charge in [0.15, 0.2) is 9.84 Å². The summed E-state index contributed by atoms with van der Waals surface area (Å²) in [4.78, 5) is 22.5. The summed E-state index contributed by atoms with van der Waals surface area (Å²) < 4.78 is 22.2. The molecule has 1 saturated heterocycles. The topological polar surface area (TPSA) is 92.3 Å². The molecule has 0 aromatic carbocycles. The van der Waals surface area contributed by atoms with Crippen LogP contribution >= 0.6 is 0 Å². The van der Waals surface area contributed by atoms with Gasteiger partial charge in [0.25, 0.3) is 0 Å². The number of amides is 2. The molecule has 1 heterocycles. The van der Waals surface area contributed by atoms with E-state index >= 15 is 0 Å². The Labute approximate surface area is 94.7 Å². The summed E-state index contributed by atoms with van der Waals surface area (Å²) in [6.07, 6.45) is 1.13. The van der Waals surface area contributed by atoms with Crippen LogP contribution in [0.25, 0.3) is 0 Å². The molecule has 1 atom stereocenters. The van der Waals surface area contributed by atoms with Crippen molar-refractivity contribution in [3.63, 3.8) is 0 Å². The molecule has 1 unspecified atom stereocenters. The van der Waals surface area contributed by atoms with E-state index in [9.17, 15) is 18.0 Å². The van der Waals surface area contributed by atoms with Gasteiger partial charge in [-0.1, -0.05) is 6.92 Å². The van der Waals surface area contributed by atoms with E-state index in [4.69, 9.17) is 0 Å². The van der Waals surface area contributed by atoms with Crippen molar-refractivity contribution in [3.05, 3.63) is 0 Å². The molecule has 2 amide bonds. The molecule has 0 aromatic rings. The lowest BCUT2D eigenvalue weighted by molar-refractivity contribution is -0.139. The number of sulfone groups is 1. The summed E-state index contributed by atoms with van der Waals surface area (Å²) in [5.41, 5.74) is 0. The van der Waals surface area contributed by atoms with Crippen LogP contribution in [0.15, 0.2) is 0 Å².